The molecule has 0 aliphatic carbocycles. The van der Waals surface area contributed by atoms with Crippen LogP contribution in [0, 0.1) is 0 Å². The number of ether oxygens (including phenoxy) is 2. The first kappa shape index (κ1) is 19.6. The molecule has 1 aliphatic heterocycles. The predicted molar refractivity (Wildman–Crippen MR) is 113 cm³/mol. The van der Waals surface area contributed by atoms with Gasteiger partial charge in [-0.05, 0) is 36.2 Å². The summed E-state index contributed by atoms with van der Waals surface area (Å²) in [6.45, 7) is 3.52. The number of carbonyl (C=O) groups is 1. The highest BCUT2D eigenvalue weighted by Gasteiger charge is 2.16. The van der Waals surface area contributed by atoms with E-state index >= 15 is 0 Å². The first-order chi connectivity index (χ1) is 14.7. The summed E-state index contributed by atoms with van der Waals surface area (Å²) < 4.78 is 12.4. The molecule has 8 heteroatoms. The first-order valence-corrected chi connectivity index (χ1v) is 9.90. The topological polar surface area (TPSA) is 94.8 Å². The van der Waals surface area contributed by atoms with Crippen LogP contribution in [0.4, 0.5) is 0 Å². The molecule has 1 amide bonds. The summed E-state index contributed by atoms with van der Waals surface area (Å²) in [5.41, 5.74) is 3.23. The number of hydrazone groups is 1. The van der Waals surface area contributed by atoms with E-state index in [4.69, 9.17) is 9.47 Å². The standard InChI is InChI=1S/C22H22N4O4/c1-2-3-10-26-22(28)17-7-5-4-6-16(17)20(25-26)21(27)24-23-14-15-8-9-18-19(13-15)30-12-11-29-18/h4-9,13-14H,2-3,10-12H2,1H3,(H,24,27)/b23-14-. The van der Waals surface area contributed by atoms with Crippen molar-refractivity contribution in [1.29, 1.82) is 0 Å². The van der Waals surface area contributed by atoms with Gasteiger partial charge in [-0.15, -0.1) is 0 Å². The van der Waals surface area contributed by atoms with Gasteiger partial charge in [-0.25, -0.2) is 10.1 Å². The van der Waals surface area contributed by atoms with Crippen molar-refractivity contribution in [3.8, 4) is 11.5 Å². The van der Waals surface area contributed by atoms with Crippen LogP contribution in [0.2, 0.25) is 0 Å². The Bertz CT molecular complexity index is 1170. The van der Waals surface area contributed by atoms with Crippen LogP contribution in [-0.4, -0.2) is 35.1 Å². The van der Waals surface area contributed by atoms with Gasteiger partial charge in [0, 0.05) is 11.9 Å². The van der Waals surface area contributed by atoms with Gasteiger partial charge >= 0.3 is 0 Å². The summed E-state index contributed by atoms with van der Waals surface area (Å²) in [6, 6.07) is 12.4. The molecule has 0 saturated heterocycles. The Morgan fingerprint density at radius 2 is 1.93 bits per heavy atom. The highest BCUT2D eigenvalue weighted by Crippen LogP contribution is 2.30. The zero-order chi connectivity index (χ0) is 20.9. The number of nitrogens with zero attached hydrogens (tertiary/aromatic N) is 3. The van der Waals surface area contributed by atoms with E-state index in [2.05, 4.69) is 15.6 Å². The molecule has 8 nitrogen and oxygen atoms in total. The normalized spacial score (nSPS) is 13.0. The number of rotatable bonds is 6. The number of unbranched alkanes of at least 4 members (excludes halogenated alkanes) is 1. The van der Waals surface area contributed by atoms with E-state index in [1.807, 2.05) is 13.0 Å². The van der Waals surface area contributed by atoms with Crippen LogP contribution >= 0.6 is 0 Å². The Hall–Kier alpha value is -3.68. The Morgan fingerprint density at radius 1 is 1.17 bits per heavy atom. The summed E-state index contributed by atoms with van der Waals surface area (Å²) in [5, 5.41) is 9.31. The maximum atomic E-state index is 12.8. The van der Waals surface area contributed by atoms with Gasteiger partial charge in [-0.2, -0.15) is 10.2 Å². The molecule has 2 heterocycles. The lowest BCUT2D eigenvalue weighted by Gasteiger charge is -2.18. The number of amides is 1. The number of fused-ring (bicyclic) bond motifs is 2. The molecule has 1 aliphatic rings. The molecule has 3 aromatic rings. The van der Waals surface area contributed by atoms with Gasteiger partial charge in [0.15, 0.2) is 17.2 Å². The lowest BCUT2D eigenvalue weighted by Crippen LogP contribution is -2.29. The Labute approximate surface area is 173 Å². The van der Waals surface area contributed by atoms with Crippen molar-refractivity contribution in [2.75, 3.05) is 13.2 Å². The third-order valence-electron chi connectivity index (χ3n) is 4.75. The van der Waals surface area contributed by atoms with E-state index in [-0.39, 0.29) is 11.3 Å². The van der Waals surface area contributed by atoms with Crippen molar-refractivity contribution in [2.45, 2.75) is 26.3 Å². The van der Waals surface area contributed by atoms with Crippen LogP contribution < -0.4 is 20.5 Å². The van der Waals surface area contributed by atoms with Gasteiger partial charge in [0.1, 0.15) is 13.2 Å². The summed E-state index contributed by atoms with van der Waals surface area (Å²) >= 11 is 0. The molecule has 30 heavy (non-hydrogen) atoms. The SMILES string of the molecule is CCCCn1nc(C(=O)N/N=C\c2ccc3c(c2)OCCO3)c2ccccc2c1=O. The van der Waals surface area contributed by atoms with Gasteiger partial charge in [0.2, 0.25) is 0 Å². The van der Waals surface area contributed by atoms with Crippen LogP contribution in [0.5, 0.6) is 11.5 Å². The molecule has 0 bridgehead atoms. The van der Waals surface area contributed by atoms with Crippen LogP contribution in [0.3, 0.4) is 0 Å². The fraction of sp³-hybridized carbons (Fsp3) is 0.273. The van der Waals surface area contributed by atoms with E-state index in [0.29, 0.717) is 42.0 Å². The number of nitrogens with one attached hydrogen (secondary N) is 1. The third-order valence-corrected chi connectivity index (χ3v) is 4.75. The minimum Gasteiger partial charge on any atom is -0.486 e. The Morgan fingerprint density at radius 3 is 2.73 bits per heavy atom. The molecule has 0 radical (unpaired) electrons. The monoisotopic (exact) mass is 406 g/mol. The van der Waals surface area contributed by atoms with E-state index in [1.54, 1.807) is 36.4 Å². The number of aryl methyl sites for hydroxylation is 1. The molecule has 1 N–H and O–H groups in total. The smallest absolute Gasteiger partial charge is 0.292 e. The van der Waals surface area contributed by atoms with Crippen LogP contribution in [0.1, 0.15) is 35.8 Å². The van der Waals surface area contributed by atoms with Gasteiger partial charge in [0.25, 0.3) is 11.5 Å². The van der Waals surface area contributed by atoms with Crippen molar-refractivity contribution < 1.29 is 14.3 Å². The summed E-state index contributed by atoms with van der Waals surface area (Å²) in [5.74, 6) is 0.852. The average molecular weight is 406 g/mol. The third kappa shape index (κ3) is 4.03. The number of hydrogen-bond acceptors (Lipinski definition) is 6. The van der Waals surface area contributed by atoms with Gasteiger partial charge < -0.3 is 9.47 Å². The van der Waals surface area contributed by atoms with E-state index in [9.17, 15) is 9.59 Å². The number of aromatic nitrogens is 2. The summed E-state index contributed by atoms with van der Waals surface area (Å²) in [6.07, 6.45) is 3.24. The number of carbonyl (C=O) groups excluding carboxylic acids is 1. The lowest BCUT2D eigenvalue weighted by atomic mass is 10.1. The van der Waals surface area contributed by atoms with Crippen molar-refractivity contribution in [3.05, 3.63) is 64.1 Å². The molecule has 0 spiro atoms. The van der Waals surface area contributed by atoms with Gasteiger partial charge in [0.05, 0.1) is 11.6 Å². The first-order valence-electron chi connectivity index (χ1n) is 9.90. The Balaban J connectivity index is 1.58. The van der Waals surface area contributed by atoms with Crippen molar-refractivity contribution >= 4 is 22.9 Å². The summed E-state index contributed by atoms with van der Waals surface area (Å²) in [7, 11) is 0. The van der Waals surface area contributed by atoms with Gasteiger partial charge in [-0.1, -0.05) is 31.5 Å². The largest absolute Gasteiger partial charge is 0.486 e. The molecule has 0 unspecified atom stereocenters. The maximum Gasteiger partial charge on any atom is 0.292 e. The zero-order valence-corrected chi connectivity index (χ0v) is 16.6. The van der Waals surface area contributed by atoms with E-state index in [0.717, 1.165) is 18.4 Å². The second kappa shape index (κ2) is 8.77. The molecule has 0 atom stereocenters. The second-order valence-corrected chi connectivity index (χ2v) is 6.88. The zero-order valence-electron chi connectivity index (χ0n) is 16.6. The highest BCUT2D eigenvalue weighted by molar-refractivity contribution is 6.05. The Kier molecular flexibility index (Phi) is 5.74. The fourth-order valence-corrected chi connectivity index (χ4v) is 3.22. The minimum atomic E-state index is -0.481. The molecule has 0 fully saturated rings. The van der Waals surface area contributed by atoms with Crippen LogP contribution in [-0.2, 0) is 6.54 Å². The lowest BCUT2D eigenvalue weighted by molar-refractivity contribution is 0.0949. The average Bonchev–Trinajstić information content (AvgIpc) is 2.78. The quantitative estimate of drug-likeness (QED) is 0.502. The molecule has 154 valence electrons. The molecule has 2 aromatic carbocycles. The van der Waals surface area contributed by atoms with E-state index < -0.39 is 5.91 Å². The van der Waals surface area contributed by atoms with Crippen LogP contribution in [0.15, 0.2) is 52.4 Å². The predicted octanol–water partition coefficient (Wildman–Crippen LogP) is 2.73. The molecule has 4 rings (SSSR count). The van der Waals surface area contributed by atoms with Crippen LogP contribution in [0.25, 0.3) is 10.8 Å². The van der Waals surface area contributed by atoms with E-state index in [1.165, 1.54) is 10.9 Å². The maximum absolute atomic E-state index is 12.8. The second-order valence-electron chi connectivity index (χ2n) is 6.88. The van der Waals surface area contributed by atoms with Crippen molar-refractivity contribution in [2.24, 2.45) is 5.10 Å². The minimum absolute atomic E-state index is 0.167. The van der Waals surface area contributed by atoms with Crippen molar-refractivity contribution in [3.63, 3.8) is 0 Å². The molecule has 0 saturated carbocycles. The molecular formula is C22H22N4O4. The highest BCUT2D eigenvalue weighted by atomic mass is 16.6. The van der Waals surface area contributed by atoms with Crippen molar-refractivity contribution in [1.82, 2.24) is 15.2 Å². The molecular weight excluding hydrogens is 384 g/mol. The number of hydrogen-bond donors (Lipinski definition) is 1. The van der Waals surface area contributed by atoms with Gasteiger partial charge in [-0.3, -0.25) is 9.59 Å². The number of benzene rings is 2. The fourth-order valence-electron chi connectivity index (χ4n) is 3.22. The molecule has 1 aromatic heterocycles. The summed E-state index contributed by atoms with van der Waals surface area (Å²) in [4.78, 5) is 25.4.